The quantitative estimate of drug-likeness (QED) is 0.875. The third-order valence-electron chi connectivity index (χ3n) is 4.16. The summed E-state index contributed by atoms with van der Waals surface area (Å²) in [4.78, 5) is 16.6. The van der Waals surface area contributed by atoms with Crippen LogP contribution in [0.2, 0.25) is 0 Å². The van der Waals surface area contributed by atoms with E-state index in [1.165, 1.54) is 6.26 Å². The van der Waals surface area contributed by atoms with E-state index in [9.17, 15) is 13.2 Å². The van der Waals surface area contributed by atoms with Gasteiger partial charge in [-0.15, -0.1) is 0 Å². The average molecular weight is 353 g/mol. The lowest BCUT2D eigenvalue weighted by atomic mass is 10.2. The number of nitrogens with zero attached hydrogens (tertiary/aromatic N) is 2. The van der Waals surface area contributed by atoms with E-state index in [0.29, 0.717) is 11.4 Å². The molecule has 0 radical (unpaired) electrons. The van der Waals surface area contributed by atoms with Crippen molar-refractivity contribution in [2.75, 3.05) is 39.0 Å². The first-order valence-corrected chi connectivity index (χ1v) is 10.3. The van der Waals surface area contributed by atoms with Gasteiger partial charge in [-0.25, -0.2) is 13.2 Å². The fraction of sp³-hybridized carbons (Fsp3) is 0.588. The first kappa shape index (κ1) is 18.7. The zero-order valence-electron chi connectivity index (χ0n) is 14.5. The Labute approximate surface area is 144 Å². The van der Waals surface area contributed by atoms with Crippen molar-refractivity contribution in [2.24, 2.45) is 0 Å². The fourth-order valence-electron chi connectivity index (χ4n) is 2.78. The molecule has 1 aliphatic rings. The highest BCUT2D eigenvalue weighted by Crippen LogP contribution is 2.13. The summed E-state index contributed by atoms with van der Waals surface area (Å²) in [7, 11) is -3.15. The van der Waals surface area contributed by atoms with Gasteiger partial charge in [0.2, 0.25) is 0 Å². The first-order chi connectivity index (χ1) is 11.4. The van der Waals surface area contributed by atoms with Gasteiger partial charge in [0, 0.05) is 45.5 Å². The van der Waals surface area contributed by atoms with Crippen LogP contribution in [0.1, 0.15) is 25.3 Å². The lowest BCUT2D eigenvalue weighted by molar-refractivity contribution is 0.197. The van der Waals surface area contributed by atoms with E-state index >= 15 is 0 Å². The van der Waals surface area contributed by atoms with Crippen LogP contribution in [-0.2, 0) is 16.4 Å². The van der Waals surface area contributed by atoms with Gasteiger partial charge in [0.15, 0.2) is 9.84 Å². The summed E-state index contributed by atoms with van der Waals surface area (Å²) in [6, 6.07) is 7.08. The minimum absolute atomic E-state index is 0.0243. The van der Waals surface area contributed by atoms with Crippen LogP contribution in [-0.4, -0.2) is 63.2 Å². The molecule has 0 spiro atoms. The molecule has 2 amide bonds. The number of carbonyl (C=O) groups excluding carboxylic acids is 1. The standard InChI is InChI=1S/C17H27N3O3S/c1-3-9-18-17(21)20-11-4-10-19(12-13-20)14-15-5-7-16(8-6-15)24(2,22)23/h5-8H,3-4,9-14H2,1-2H3,(H,18,21). The van der Waals surface area contributed by atoms with Gasteiger partial charge >= 0.3 is 6.03 Å². The molecule has 0 aliphatic carbocycles. The second-order valence-corrected chi connectivity index (χ2v) is 8.28. The van der Waals surface area contributed by atoms with Crippen molar-refractivity contribution in [3.63, 3.8) is 0 Å². The highest BCUT2D eigenvalue weighted by molar-refractivity contribution is 7.90. The normalized spacial score (nSPS) is 16.7. The summed E-state index contributed by atoms with van der Waals surface area (Å²) in [5.74, 6) is 0. The number of hydrogen-bond donors (Lipinski definition) is 1. The van der Waals surface area contributed by atoms with Crippen molar-refractivity contribution in [1.82, 2.24) is 15.1 Å². The number of benzene rings is 1. The van der Waals surface area contributed by atoms with Gasteiger partial charge in [0.25, 0.3) is 0 Å². The van der Waals surface area contributed by atoms with Crippen LogP contribution >= 0.6 is 0 Å². The molecule has 1 fully saturated rings. The molecule has 7 heteroatoms. The van der Waals surface area contributed by atoms with Crippen molar-refractivity contribution in [3.8, 4) is 0 Å². The molecular formula is C17H27N3O3S. The summed E-state index contributed by atoms with van der Waals surface area (Å²) in [6.45, 7) is 6.79. The van der Waals surface area contributed by atoms with Gasteiger partial charge in [-0.3, -0.25) is 4.90 Å². The molecule has 1 N–H and O–H groups in total. The zero-order valence-corrected chi connectivity index (χ0v) is 15.3. The second kappa shape index (κ2) is 8.48. The summed E-state index contributed by atoms with van der Waals surface area (Å²) in [5, 5.41) is 2.93. The van der Waals surface area contributed by atoms with Gasteiger partial charge in [-0.2, -0.15) is 0 Å². The van der Waals surface area contributed by atoms with Crippen LogP contribution < -0.4 is 5.32 Å². The average Bonchev–Trinajstić information content (AvgIpc) is 2.78. The number of nitrogens with one attached hydrogen (secondary N) is 1. The van der Waals surface area contributed by atoms with Crippen molar-refractivity contribution in [3.05, 3.63) is 29.8 Å². The highest BCUT2D eigenvalue weighted by Gasteiger charge is 2.18. The Morgan fingerprint density at radius 3 is 2.46 bits per heavy atom. The van der Waals surface area contributed by atoms with E-state index in [1.54, 1.807) is 12.1 Å². The van der Waals surface area contributed by atoms with Crippen molar-refractivity contribution < 1.29 is 13.2 Å². The van der Waals surface area contributed by atoms with E-state index in [1.807, 2.05) is 24.0 Å². The van der Waals surface area contributed by atoms with Crippen LogP contribution in [0.25, 0.3) is 0 Å². The van der Waals surface area contributed by atoms with E-state index in [2.05, 4.69) is 10.2 Å². The van der Waals surface area contributed by atoms with Gasteiger partial charge in [0.1, 0.15) is 0 Å². The van der Waals surface area contributed by atoms with Crippen molar-refractivity contribution >= 4 is 15.9 Å². The Morgan fingerprint density at radius 2 is 1.83 bits per heavy atom. The number of urea groups is 1. The van der Waals surface area contributed by atoms with Gasteiger partial charge in [-0.05, 0) is 30.5 Å². The van der Waals surface area contributed by atoms with E-state index in [-0.39, 0.29) is 6.03 Å². The molecule has 1 aromatic rings. The van der Waals surface area contributed by atoms with Crippen molar-refractivity contribution in [1.29, 1.82) is 0 Å². The topological polar surface area (TPSA) is 69.7 Å². The summed E-state index contributed by atoms with van der Waals surface area (Å²) < 4.78 is 23.0. The Balaban J connectivity index is 1.89. The number of amides is 2. The van der Waals surface area contributed by atoms with Crippen LogP contribution in [0.15, 0.2) is 29.2 Å². The third-order valence-corrected chi connectivity index (χ3v) is 5.29. The minimum Gasteiger partial charge on any atom is -0.338 e. The van der Waals surface area contributed by atoms with Crippen LogP contribution in [0.5, 0.6) is 0 Å². The molecule has 6 nitrogen and oxygen atoms in total. The number of hydrogen-bond acceptors (Lipinski definition) is 4. The maximum atomic E-state index is 12.0. The number of sulfone groups is 1. The minimum atomic E-state index is -3.15. The van der Waals surface area contributed by atoms with E-state index in [0.717, 1.165) is 51.1 Å². The molecule has 1 heterocycles. The summed E-state index contributed by atoms with van der Waals surface area (Å²) >= 11 is 0. The van der Waals surface area contributed by atoms with Crippen LogP contribution in [0, 0.1) is 0 Å². The van der Waals surface area contributed by atoms with Gasteiger partial charge < -0.3 is 10.2 Å². The predicted molar refractivity (Wildman–Crippen MR) is 94.7 cm³/mol. The third kappa shape index (κ3) is 5.49. The molecule has 1 aliphatic heterocycles. The van der Waals surface area contributed by atoms with Gasteiger partial charge in [-0.1, -0.05) is 19.1 Å². The molecule has 1 saturated heterocycles. The largest absolute Gasteiger partial charge is 0.338 e. The van der Waals surface area contributed by atoms with Crippen LogP contribution in [0.3, 0.4) is 0 Å². The molecule has 0 unspecified atom stereocenters. The maximum Gasteiger partial charge on any atom is 0.317 e. The molecule has 24 heavy (non-hydrogen) atoms. The Bertz CT molecular complexity index is 644. The molecule has 0 bridgehead atoms. The lowest BCUT2D eigenvalue weighted by Gasteiger charge is -2.22. The Morgan fingerprint density at radius 1 is 1.12 bits per heavy atom. The second-order valence-electron chi connectivity index (χ2n) is 6.26. The number of rotatable bonds is 5. The van der Waals surface area contributed by atoms with Gasteiger partial charge in [0.05, 0.1) is 4.90 Å². The fourth-order valence-corrected chi connectivity index (χ4v) is 3.41. The molecule has 0 saturated carbocycles. The Hall–Kier alpha value is -1.60. The molecule has 134 valence electrons. The van der Waals surface area contributed by atoms with Crippen LogP contribution in [0.4, 0.5) is 4.79 Å². The molecular weight excluding hydrogens is 326 g/mol. The lowest BCUT2D eigenvalue weighted by Crippen LogP contribution is -2.42. The Kier molecular flexibility index (Phi) is 6.62. The predicted octanol–water partition coefficient (Wildman–Crippen LogP) is 1.72. The smallest absolute Gasteiger partial charge is 0.317 e. The van der Waals surface area contributed by atoms with E-state index in [4.69, 9.17) is 0 Å². The summed E-state index contributed by atoms with van der Waals surface area (Å²) in [6.07, 6.45) is 3.10. The summed E-state index contributed by atoms with van der Waals surface area (Å²) in [5.41, 5.74) is 1.09. The number of carbonyl (C=O) groups is 1. The zero-order chi connectivity index (χ0) is 17.6. The van der Waals surface area contributed by atoms with Crippen molar-refractivity contribution in [2.45, 2.75) is 31.2 Å². The molecule has 2 rings (SSSR count). The molecule has 0 aromatic heterocycles. The maximum absolute atomic E-state index is 12.0. The first-order valence-electron chi connectivity index (χ1n) is 8.44. The molecule has 1 aromatic carbocycles. The SMILES string of the molecule is CCCNC(=O)N1CCCN(Cc2ccc(S(C)(=O)=O)cc2)CC1. The van der Waals surface area contributed by atoms with E-state index < -0.39 is 9.84 Å². The molecule has 0 atom stereocenters. The highest BCUT2D eigenvalue weighted by atomic mass is 32.2. The monoisotopic (exact) mass is 353 g/mol.